The fourth-order valence-corrected chi connectivity index (χ4v) is 3.96. The number of amides is 2. The van der Waals surface area contributed by atoms with Crippen LogP contribution in [0.2, 0.25) is 5.02 Å². The number of aryl methyl sites for hydroxylation is 1. The number of carbonyl (C=O) groups excluding carboxylic acids is 2. The van der Waals surface area contributed by atoms with Gasteiger partial charge in [0.25, 0.3) is 5.91 Å². The SMILES string of the molecule is COCCN(CC(=O)Nc1nc(-c2ccccc2)cn1-c1ccc(C)c(F)c1)C(=O)c1ccccc1Cl. The molecule has 2 amide bonds. The zero-order valence-corrected chi connectivity index (χ0v) is 21.2. The van der Waals surface area contributed by atoms with E-state index < -0.39 is 11.8 Å². The van der Waals surface area contributed by atoms with E-state index >= 15 is 0 Å². The van der Waals surface area contributed by atoms with Crippen molar-refractivity contribution >= 4 is 29.4 Å². The van der Waals surface area contributed by atoms with Crippen LogP contribution in [0.5, 0.6) is 0 Å². The van der Waals surface area contributed by atoms with E-state index in [1.54, 1.807) is 54.1 Å². The highest BCUT2D eigenvalue weighted by Crippen LogP contribution is 2.25. The van der Waals surface area contributed by atoms with Gasteiger partial charge in [-0.15, -0.1) is 0 Å². The fourth-order valence-electron chi connectivity index (χ4n) is 3.74. The normalized spacial score (nSPS) is 10.8. The Kier molecular flexibility index (Phi) is 8.32. The molecule has 0 atom stereocenters. The van der Waals surface area contributed by atoms with Crippen molar-refractivity contribution in [1.29, 1.82) is 0 Å². The maximum absolute atomic E-state index is 14.4. The summed E-state index contributed by atoms with van der Waals surface area (Å²) in [5.41, 5.74) is 2.72. The highest BCUT2D eigenvalue weighted by molar-refractivity contribution is 6.33. The molecule has 3 aromatic carbocycles. The molecule has 0 aliphatic heterocycles. The van der Waals surface area contributed by atoms with Crippen LogP contribution in [-0.4, -0.2) is 53.1 Å². The van der Waals surface area contributed by atoms with Crippen molar-refractivity contribution in [2.45, 2.75) is 6.92 Å². The molecule has 190 valence electrons. The number of ether oxygens (including phenoxy) is 1. The third kappa shape index (κ3) is 6.22. The van der Waals surface area contributed by atoms with Crippen LogP contribution >= 0.6 is 11.6 Å². The van der Waals surface area contributed by atoms with Crippen LogP contribution in [0.3, 0.4) is 0 Å². The van der Waals surface area contributed by atoms with E-state index in [-0.39, 0.29) is 37.0 Å². The number of hydrogen-bond acceptors (Lipinski definition) is 4. The minimum Gasteiger partial charge on any atom is -0.383 e. The molecule has 0 radical (unpaired) electrons. The molecule has 7 nitrogen and oxygen atoms in total. The quantitative estimate of drug-likeness (QED) is 0.322. The molecule has 0 saturated carbocycles. The van der Waals surface area contributed by atoms with Crippen molar-refractivity contribution < 1.29 is 18.7 Å². The maximum atomic E-state index is 14.4. The second-order valence-electron chi connectivity index (χ2n) is 8.37. The van der Waals surface area contributed by atoms with Crippen LogP contribution in [0.15, 0.2) is 79.0 Å². The van der Waals surface area contributed by atoms with Crippen LogP contribution in [0.4, 0.5) is 10.3 Å². The summed E-state index contributed by atoms with van der Waals surface area (Å²) in [5, 5.41) is 3.08. The molecule has 0 saturated heterocycles. The van der Waals surface area contributed by atoms with Crippen LogP contribution < -0.4 is 5.32 Å². The summed E-state index contributed by atoms with van der Waals surface area (Å²) in [6.45, 7) is 1.83. The standard InChI is InChI=1S/C28H26ClFN4O3/c1-19-12-13-21(16-24(19)30)34-17-25(20-8-4-3-5-9-20)31-28(34)32-26(35)18-33(14-15-37-2)27(36)22-10-6-7-11-23(22)29/h3-13,16-17H,14-15,18H2,1-2H3,(H,31,32,35). The molecule has 0 aliphatic carbocycles. The highest BCUT2D eigenvalue weighted by Gasteiger charge is 2.22. The number of imidazole rings is 1. The minimum atomic E-state index is -0.476. The van der Waals surface area contributed by atoms with Gasteiger partial charge >= 0.3 is 0 Å². The average Bonchev–Trinajstić information content (AvgIpc) is 3.32. The van der Waals surface area contributed by atoms with Crippen molar-refractivity contribution in [1.82, 2.24) is 14.5 Å². The first kappa shape index (κ1) is 26.1. The molecule has 1 heterocycles. The fraction of sp³-hybridized carbons (Fsp3) is 0.179. The van der Waals surface area contributed by atoms with Gasteiger partial charge in [-0.1, -0.05) is 60.1 Å². The number of carbonyl (C=O) groups is 2. The molecule has 1 N–H and O–H groups in total. The van der Waals surface area contributed by atoms with Crippen LogP contribution in [0.25, 0.3) is 16.9 Å². The van der Waals surface area contributed by atoms with Gasteiger partial charge in [-0.2, -0.15) is 0 Å². The Hall–Kier alpha value is -4.01. The Labute approximate surface area is 219 Å². The summed E-state index contributed by atoms with van der Waals surface area (Å²) in [6, 6.07) is 20.9. The average molecular weight is 521 g/mol. The predicted octanol–water partition coefficient (Wildman–Crippen LogP) is 5.37. The zero-order valence-electron chi connectivity index (χ0n) is 20.4. The number of benzene rings is 3. The van der Waals surface area contributed by atoms with Gasteiger partial charge in [0.15, 0.2) is 0 Å². The molecular formula is C28H26ClFN4O3. The van der Waals surface area contributed by atoms with Gasteiger partial charge in [0, 0.05) is 25.4 Å². The molecule has 0 aliphatic rings. The first-order valence-corrected chi connectivity index (χ1v) is 12.0. The Morgan fingerprint density at radius 1 is 1.08 bits per heavy atom. The Morgan fingerprint density at radius 2 is 1.81 bits per heavy atom. The van der Waals surface area contributed by atoms with Gasteiger partial charge in [0.1, 0.15) is 12.4 Å². The van der Waals surface area contributed by atoms with Crippen LogP contribution in [0, 0.1) is 12.7 Å². The second kappa shape index (κ2) is 11.8. The first-order chi connectivity index (χ1) is 17.9. The van der Waals surface area contributed by atoms with Crippen molar-refractivity contribution in [2.24, 2.45) is 0 Å². The topological polar surface area (TPSA) is 76.5 Å². The van der Waals surface area contributed by atoms with Crippen LogP contribution in [-0.2, 0) is 9.53 Å². The van der Waals surface area contributed by atoms with E-state index in [2.05, 4.69) is 10.3 Å². The molecule has 1 aromatic heterocycles. The summed E-state index contributed by atoms with van der Waals surface area (Å²) in [5.74, 6) is -1.05. The van der Waals surface area contributed by atoms with Gasteiger partial charge in [0.05, 0.1) is 28.6 Å². The smallest absolute Gasteiger partial charge is 0.255 e. The van der Waals surface area contributed by atoms with Gasteiger partial charge in [-0.25, -0.2) is 9.37 Å². The predicted molar refractivity (Wildman–Crippen MR) is 142 cm³/mol. The zero-order chi connectivity index (χ0) is 26.4. The number of methoxy groups -OCH3 is 1. The molecule has 4 aromatic rings. The minimum absolute atomic E-state index is 0.181. The molecule has 0 spiro atoms. The summed E-state index contributed by atoms with van der Waals surface area (Å²) in [7, 11) is 1.51. The Morgan fingerprint density at radius 3 is 2.51 bits per heavy atom. The van der Waals surface area contributed by atoms with Crippen molar-refractivity contribution in [3.05, 3.63) is 101 Å². The largest absolute Gasteiger partial charge is 0.383 e. The molecule has 37 heavy (non-hydrogen) atoms. The highest BCUT2D eigenvalue weighted by atomic mass is 35.5. The third-order valence-corrected chi connectivity index (χ3v) is 6.08. The van der Waals surface area contributed by atoms with Gasteiger partial charge in [-0.3, -0.25) is 19.5 Å². The van der Waals surface area contributed by atoms with Gasteiger partial charge in [0.2, 0.25) is 11.9 Å². The van der Waals surface area contributed by atoms with Gasteiger partial charge in [-0.05, 0) is 36.8 Å². The molecule has 0 unspecified atom stereocenters. The lowest BCUT2D eigenvalue weighted by molar-refractivity contribution is -0.117. The van der Waals surface area contributed by atoms with E-state index in [4.69, 9.17) is 16.3 Å². The number of anilines is 1. The molecule has 9 heteroatoms. The summed E-state index contributed by atoms with van der Waals surface area (Å²) in [4.78, 5) is 32.3. The molecule has 0 bridgehead atoms. The van der Waals surface area contributed by atoms with Crippen LogP contribution in [0.1, 0.15) is 15.9 Å². The van der Waals surface area contributed by atoms with Crippen molar-refractivity contribution in [3.8, 4) is 16.9 Å². The number of hydrogen-bond donors (Lipinski definition) is 1. The number of rotatable bonds is 9. The lowest BCUT2D eigenvalue weighted by atomic mass is 10.2. The number of nitrogens with zero attached hydrogens (tertiary/aromatic N) is 3. The van der Waals surface area contributed by atoms with E-state index in [9.17, 15) is 14.0 Å². The summed E-state index contributed by atoms with van der Waals surface area (Å²) in [6.07, 6.45) is 1.73. The van der Waals surface area contributed by atoms with Crippen molar-refractivity contribution in [2.75, 3.05) is 32.1 Å². The lowest BCUT2D eigenvalue weighted by Crippen LogP contribution is -2.40. The Bertz CT molecular complexity index is 1410. The lowest BCUT2D eigenvalue weighted by Gasteiger charge is -2.22. The van der Waals surface area contributed by atoms with E-state index in [0.29, 0.717) is 22.0 Å². The second-order valence-corrected chi connectivity index (χ2v) is 8.77. The third-order valence-electron chi connectivity index (χ3n) is 5.75. The Balaban J connectivity index is 1.63. The molecule has 0 fully saturated rings. The van der Waals surface area contributed by atoms with Gasteiger partial charge < -0.3 is 9.64 Å². The molecular weight excluding hydrogens is 495 g/mol. The summed E-state index contributed by atoms with van der Waals surface area (Å²) < 4.78 is 21.1. The monoisotopic (exact) mass is 520 g/mol. The molecule has 4 rings (SSSR count). The first-order valence-electron chi connectivity index (χ1n) is 11.6. The van der Waals surface area contributed by atoms with Crippen molar-refractivity contribution in [3.63, 3.8) is 0 Å². The number of nitrogens with one attached hydrogen (secondary N) is 1. The van der Waals surface area contributed by atoms with E-state index in [1.165, 1.54) is 18.1 Å². The van der Waals surface area contributed by atoms with E-state index in [0.717, 1.165) is 5.56 Å². The number of aromatic nitrogens is 2. The van der Waals surface area contributed by atoms with E-state index in [1.807, 2.05) is 30.3 Å². The summed E-state index contributed by atoms with van der Waals surface area (Å²) >= 11 is 6.21. The number of halogens is 2. The maximum Gasteiger partial charge on any atom is 0.255 e.